The molecule has 2 aromatic rings. The number of aromatic nitrogens is 2. The Balaban J connectivity index is 1.59. The van der Waals surface area contributed by atoms with Crippen molar-refractivity contribution in [2.45, 2.75) is 63.4 Å². The Bertz CT molecular complexity index is 1100. The minimum Gasteiger partial charge on any atom is -0.415 e. The summed E-state index contributed by atoms with van der Waals surface area (Å²) in [5, 5.41) is 32.0. The molecule has 1 aromatic heterocycles. The van der Waals surface area contributed by atoms with E-state index in [1.807, 2.05) is 11.0 Å². The van der Waals surface area contributed by atoms with Crippen LogP contribution in [0, 0.1) is 5.41 Å². The Morgan fingerprint density at radius 3 is 2.79 bits per heavy atom. The van der Waals surface area contributed by atoms with Gasteiger partial charge in [-0.25, -0.2) is 0 Å². The topological polar surface area (TPSA) is 127 Å². The van der Waals surface area contributed by atoms with Crippen molar-refractivity contribution in [2.75, 3.05) is 7.05 Å². The minimum absolute atomic E-state index is 0.0364. The van der Waals surface area contributed by atoms with Crippen LogP contribution in [0.25, 0.3) is 11.5 Å². The fourth-order valence-corrected chi connectivity index (χ4v) is 4.89. The molecule has 4 rings (SSSR count). The van der Waals surface area contributed by atoms with E-state index in [2.05, 4.69) is 20.8 Å². The molecule has 11 heteroatoms. The number of carbonyl (C=O) groups excluding carboxylic acids is 1. The standard InChI is InChI=1S/C23H28F2N6O3/c1-23(33)16-9-13(21-29-30-22(34-21)19(24)25)7-8-14(16)12-31(23)18-6-4-3-5-17(18)28-20(32)15(10-26)11-27-2/h7-11,17-19,26-27,33H,3-6,12H2,1-2H3,(H,28,32)/b15-11+,26-10?/t17-,18?,23?/m1/s1. The first-order valence-corrected chi connectivity index (χ1v) is 11.2. The predicted molar refractivity (Wildman–Crippen MR) is 120 cm³/mol. The predicted octanol–water partition coefficient (Wildman–Crippen LogP) is 2.84. The van der Waals surface area contributed by atoms with Gasteiger partial charge in [-0.05, 0) is 37.5 Å². The summed E-state index contributed by atoms with van der Waals surface area (Å²) in [4.78, 5) is 14.7. The molecule has 2 unspecified atom stereocenters. The van der Waals surface area contributed by atoms with Crippen LogP contribution in [0.3, 0.4) is 0 Å². The fourth-order valence-electron chi connectivity index (χ4n) is 4.89. The van der Waals surface area contributed by atoms with Gasteiger partial charge in [0.2, 0.25) is 5.89 Å². The van der Waals surface area contributed by atoms with Crippen LogP contribution in [0.2, 0.25) is 0 Å². The summed E-state index contributed by atoms with van der Waals surface area (Å²) >= 11 is 0. The quantitative estimate of drug-likeness (QED) is 0.359. The average Bonchev–Trinajstić information content (AvgIpc) is 3.41. The average molecular weight is 475 g/mol. The number of halogens is 2. The maximum Gasteiger partial charge on any atom is 0.314 e. The van der Waals surface area contributed by atoms with Gasteiger partial charge >= 0.3 is 6.43 Å². The molecule has 0 radical (unpaired) electrons. The normalized spacial score (nSPS) is 25.3. The maximum absolute atomic E-state index is 12.8. The largest absolute Gasteiger partial charge is 0.415 e. The van der Waals surface area contributed by atoms with E-state index in [0.717, 1.165) is 37.5 Å². The second kappa shape index (κ2) is 9.59. The Kier molecular flexibility index (Phi) is 6.76. The lowest BCUT2D eigenvalue weighted by molar-refractivity contribution is -0.131. The first-order valence-electron chi connectivity index (χ1n) is 11.2. The van der Waals surface area contributed by atoms with E-state index in [1.54, 1.807) is 26.1 Å². The van der Waals surface area contributed by atoms with E-state index in [-0.39, 0.29) is 29.5 Å². The SMILES string of the molecule is CN/C=C(\C=N)C(=O)N[C@@H]1CCCCC1N1Cc2ccc(-c3nnc(C(F)F)o3)cc2C1(C)O. The van der Waals surface area contributed by atoms with Gasteiger partial charge in [0.05, 0.1) is 5.57 Å². The second-order valence-electron chi connectivity index (χ2n) is 8.73. The number of amides is 1. The molecule has 1 aliphatic heterocycles. The van der Waals surface area contributed by atoms with E-state index in [1.165, 1.54) is 6.20 Å². The second-order valence-corrected chi connectivity index (χ2v) is 8.73. The summed E-state index contributed by atoms with van der Waals surface area (Å²) in [7, 11) is 1.66. The van der Waals surface area contributed by atoms with E-state index < -0.39 is 18.0 Å². The number of alkyl halides is 2. The van der Waals surface area contributed by atoms with Gasteiger partial charge in [-0.3, -0.25) is 9.69 Å². The molecule has 3 atom stereocenters. The highest BCUT2D eigenvalue weighted by atomic mass is 19.3. The summed E-state index contributed by atoms with van der Waals surface area (Å²) < 4.78 is 30.8. The van der Waals surface area contributed by atoms with Crippen LogP contribution < -0.4 is 10.6 Å². The van der Waals surface area contributed by atoms with Crippen molar-refractivity contribution in [3.8, 4) is 11.5 Å². The third kappa shape index (κ3) is 4.45. The number of carbonyl (C=O) groups is 1. The van der Waals surface area contributed by atoms with Crippen molar-refractivity contribution >= 4 is 12.1 Å². The molecular weight excluding hydrogens is 446 g/mol. The highest BCUT2D eigenvalue weighted by molar-refractivity contribution is 6.11. The Morgan fingerprint density at radius 2 is 2.12 bits per heavy atom. The van der Waals surface area contributed by atoms with Crippen molar-refractivity contribution < 1.29 is 23.1 Å². The maximum atomic E-state index is 12.8. The van der Waals surface area contributed by atoms with Crippen molar-refractivity contribution in [1.29, 1.82) is 5.41 Å². The van der Waals surface area contributed by atoms with E-state index in [0.29, 0.717) is 17.7 Å². The number of rotatable bonds is 7. The molecule has 0 spiro atoms. The molecule has 9 nitrogen and oxygen atoms in total. The number of fused-ring (bicyclic) bond motifs is 1. The smallest absolute Gasteiger partial charge is 0.314 e. The first-order chi connectivity index (χ1) is 16.3. The number of nitrogens with zero attached hydrogens (tertiary/aromatic N) is 3. The van der Waals surface area contributed by atoms with Gasteiger partial charge in [-0.1, -0.05) is 18.9 Å². The van der Waals surface area contributed by atoms with Crippen molar-refractivity contribution in [3.05, 3.63) is 47.0 Å². The van der Waals surface area contributed by atoms with Gasteiger partial charge in [0.15, 0.2) is 0 Å². The lowest BCUT2D eigenvalue weighted by atomic mass is 9.87. The number of nitrogens with one attached hydrogen (secondary N) is 3. The summed E-state index contributed by atoms with van der Waals surface area (Å²) in [5.41, 5.74) is 0.839. The summed E-state index contributed by atoms with van der Waals surface area (Å²) in [5.74, 6) is -1.13. The molecule has 34 heavy (non-hydrogen) atoms. The van der Waals surface area contributed by atoms with Gasteiger partial charge in [-0.15, -0.1) is 10.2 Å². The van der Waals surface area contributed by atoms with Crippen molar-refractivity contribution in [1.82, 2.24) is 25.7 Å². The van der Waals surface area contributed by atoms with Gasteiger partial charge in [0.1, 0.15) is 5.72 Å². The number of hydrogen-bond acceptors (Lipinski definition) is 8. The monoisotopic (exact) mass is 474 g/mol. The van der Waals surface area contributed by atoms with Crippen LogP contribution in [0.5, 0.6) is 0 Å². The van der Waals surface area contributed by atoms with Gasteiger partial charge < -0.3 is 25.6 Å². The Morgan fingerprint density at radius 1 is 1.35 bits per heavy atom. The lowest BCUT2D eigenvalue weighted by Gasteiger charge is -2.43. The molecule has 2 heterocycles. The number of hydrogen-bond donors (Lipinski definition) is 4. The van der Waals surface area contributed by atoms with Gasteiger partial charge in [-0.2, -0.15) is 8.78 Å². The molecule has 1 fully saturated rings. The molecule has 1 aromatic carbocycles. The van der Waals surface area contributed by atoms with Gasteiger partial charge in [0, 0.05) is 49.2 Å². The lowest BCUT2D eigenvalue weighted by Crippen LogP contribution is -2.57. The minimum atomic E-state index is -2.86. The highest BCUT2D eigenvalue weighted by Gasteiger charge is 2.46. The molecule has 0 bridgehead atoms. The zero-order valence-corrected chi connectivity index (χ0v) is 19.0. The van der Waals surface area contributed by atoms with Crippen LogP contribution >= 0.6 is 0 Å². The summed E-state index contributed by atoms with van der Waals surface area (Å²) in [6.07, 6.45) is 3.09. The molecule has 182 valence electrons. The third-order valence-electron chi connectivity index (χ3n) is 6.56. The number of benzene rings is 1. The summed E-state index contributed by atoms with van der Waals surface area (Å²) in [6.45, 7) is 2.16. The van der Waals surface area contributed by atoms with Crippen LogP contribution in [-0.4, -0.2) is 51.5 Å². The molecule has 0 saturated heterocycles. The Hall–Kier alpha value is -3.18. The molecule has 2 aliphatic rings. The highest BCUT2D eigenvalue weighted by Crippen LogP contribution is 2.43. The molecule has 1 amide bonds. The molecule has 1 saturated carbocycles. The van der Waals surface area contributed by atoms with E-state index in [4.69, 9.17) is 9.83 Å². The van der Waals surface area contributed by atoms with Crippen LogP contribution in [0.1, 0.15) is 56.1 Å². The van der Waals surface area contributed by atoms with Gasteiger partial charge in [0.25, 0.3) is 11.8 Å². The van der Waals surface area contributed by atoms with Crippen LogP contribution in [0.4, 0.5) is 8.78 Å². The van der Waals surface area contributed by atoms with Crippen molar-refractivity contribution in [2.24, 2.45) is 0 Å². The van der Waals surface area contributed by atoms with E-state index >= 15 is 0 Å². The summed E-state index contributed by atoms with van der Waals surface area (Å²) in [6, 6.07) is 4.90. The molecular formula is C23H28F2N6O3. The zero-order chi connectivity index (χ0) is 24.5. The molecule has 1 aliphatic carbocycles. The first kappa shape index (κ1) is 24.0. The fraction of sp³-hybridized carbons (Fsp3) is 0.478. The van der Waals surface area contributed by atoms with E-state index in [9.17, 15) is 18.7 Å². The van der Waals surface area contributed by atoms with Crippen LogP contribution in [-0.2, 0) is 17.1 Å². The van der Waals surface area contributed by atoms with Crippen molar-refractivity contribution in [3.63, 3.8) is 0 Å². The van der Waals surface area contributed by atoms with Crippen LogP contribution in [0.15, 0.2) is 34.4 Å². The Labute approximate surface area is 195 Å². The number of aliphatic hydroxyl groups is 1. The zero-order valence-electron chi connectivity index (χ0n) is 19.0. The molecule has 4 N–H and O–H groups in total. The third-order valence-corrected chi connectivity index (χ3v) is 6.56.